The van der Waals surface area contributed by atoms with Crippen LogP contribution in [0.15, 0.2) is 12.4 Å². The minimum Gasteiger partial charge on any atom is -0.480 e. The van der Waals surface area contributed by atoms with Crippen LogP contribution in [-0.2, 0) is 4.79 Å². The maximum absolute atomic E-state index is 11.7. The Morgan fingerprint density at radius 1 is 1.47 bits per heavy atom. The summed E-state index contributed by atoms with van der Waals surface area (Å²) in [7, 11) is 0. The summed E-state index contributed by atoms with van der Waals surface area (Å²) in [4.78, 5) is 29.4. The van der Waals surface area contributed by atoms with E-state index in [1.807, 2.05) is 6.92 Å². The van der Waals surface area contributed by atoms with Crippen LogP contribution < -0.4 is 10.6 Å². The summed E-state index contributed by atoms with van der Waals surface area (Å²) < 4.78 is 0. The zero-order valence-corrected chi connectivity index (χ0v) is 10.8. The third-order valence-electron chi connectivity index (χ3n) is 2.60. The van der Waals surface area contributed by atoms with Crippen molar-refractivity contribution < 1.29 is 19.8 Å². The van der Waals surface area contributed by atoms with Gasteiger partial charge < -0.3 is 25.8 Å². The highest BCUT2D eigenvalue weighted by Gasteiger charge is 2.26. The number of carbonyl (C=O) groups excluding carboxylic acids is 1. The Kier molecular flexibility index (Phi) is 5.31. The number of carboxylic acids is 1. The maximum atomic E-state index is 11.7. The van der Waals surface area contributed by atoms with Crippen molar-refractivity contribution in [3.8, 4) is 0 Å². The fourth-order valence-corrected chi connectivity index (χ4v) is 1.56. The molecular formula is C11H18N4O4. The second kappa shape index (κ2) is 6.74. The second-order valence-electron chi connectivity index (χ2n) is 4.11. The molecule has 2 amide bonds. The third kappa shape index (κ3) is 4.25. The Labute approximate surface area is 110 Å². The molecule has 0 aliphatic rings. The number of carboxylic acid groups (broad SMARTS) is 1. The quantitative estimate of drug-likeness (QED) is 0.497. The van der Waals surface area contributed by atoms with Crippen LogP contribution in [0.5, 0.6) is 0 Å². The summed E-state index contributed by atoms with van der Waals surface area (Å²) >= 11 is 0. The molecule has 8 heteroatoms. The van der Waals surface area contributed by atoms with E-state index in [0.29, 0.717) is 12.2 Å². The van der Waals surface area contributed by atoms with Crippen LogP contribution in [0.25, 0.3) is 0 Å². The average Bonchev–Trinajstić information content (AvgIpc) is 2.85. The van der Waals surface area contributed by atoms with E-state index in [9.17, 15) is 14.7 Å². The van der Waals surface area contributed by atoms with E-state index in [4.69, 9.17) is 5.11 Å². The molecule has 0 aliphatic carbocycles. The van der Waals surface area contributed by atoms with Crippen molar-refractivity contribution in [3.05, 3.63) is 18.2 Å². The van der Waals surface area contributed by atoms with Gasteiger partial charge in [-0.1, -0.05) is 6.92 Å². The SMILES string of the molecule is CCC(NC(=O)N[C@H](C(=O)O)[C@@H](C)O)c1ncc[nH]1. The number of aromatic nitrogens is 2. The molecule has 0 radical (unpaired) electrons. The number of amides is 2. The van der Waals surface area contributed by atoms with Gasteiger partial charge in [0.15, 0.2) is 6.04 Å². The summed E-state index contributed by atoms with van der Waals surface area (Å²) in [5.41, 5.74) is 0. The van der Waals surface area contributed by atoms with E-state index in [1.165, 1.54) is 6.92 Å². The fraction of sp³-hybridized carbons (Fsp3) is 0.545. The number of nitrogens with one attached hydrogen (secondary N) is 3. The topological polar surface area (TPSA) is 127 Å². The lowest BCUT2D eigenvalue weighted by Gasteiger charge is -2.20. The summed E-state index contributed by atoms with van der Waals surface area (Å²) in [6.07, 6.45) is 2.60. The number of aliphatic carboxylic acids is 1. The molecule has 0 aromatic carbocycles. The standard InChI is InChI=1S/C11H18N4O4/c1-3-7(9-12-4-5-13-9)14-11(19)15-8(6(2)16)10(17)18/h4-8,16H,3H2,1-2H3,(H,12,13)(H,17,18)(H2,14,15,19)/t6-,7?,8+/m1/s1. The largest absolute Gasteiger partial charge is 0.480 e. The van der Waals surface area contributed by atoms with Gasteiger partial charge in [0.25, 0.3) is 0 Å². The zero-order valence-electron chi connectivity index (χ0n) is 10.8. The average molecular weight is 270 g/mol. The molecule has 1 unspecified atom stereocenters. The van der Waals surface area contributed by atoms with Gasteiger partial charge >= 0.3 is 12.0 Å². The Balaban J connectivity index is 2.61. The lowest BCUT2D eigenvalue weighted by molar-refractivity contribution is -0.141. The molecule has 0 spiro atoms. The molecule has 0 saturated carbocycles. The van der Waals surface area contributed by atoms with E-state index < -0.39 is 24.1 Å². The molecule has 1 aromatic rings. The highest BCUT2D eigenvalue weighted by molar-refractivity contribution is 5.83. The zero-order chi connectivity index (χ0) is 14.4. The van der Waals surface area contributed by atoms with Crippen LogP contribution in [0.3, 0.4) is 0 Å². The number of urea groups is 1. The molecule has 1 rings (SSSR count). The minimum atomic E-state index is -1.35. The number of carbonyl (C=O) groups is 2. The molecule has 0 saturated heterocycles. The molecule has 3 atom stereocenters. The van der Waals surface area contributed by atoms with Crippen molar-refractivity contribution in [1.82, 2.24) is 20.6 Å². The molecule has 8 nitrogen and oxygen atoms in total. The molecule has 0 fully saturated rings. The Bertz CT molecular complexity index is 418. The maximum Gasteiger partial charge on any atom is 0.328 e. The number of aliphatic hydroxyl groups excluding tert-OH is 1. The van der Waals surface area contributed by atoms with Crippen molar-refractivity contribution in [1.29, 1.82) is 0 Å². The number of H-pyrrole nitrogens is 1. The van der Waals surface area contributed by atoms with Crippen molar-refractivity contribution >= 4 is 12.0 Å². The van der Waals surface area contributed by atoms with Crippen LogP contribution in [0.1, 0.15) is 32.1 Å². The predicted molar refractivity (Wildman–Crippen MR) is 66.4 cm³/mol. The second-order valence-corrected chi connectivity index (χ2v) is 4.11. The van der Waals surface area contributed by atoms with Crippen molar-refractivity contribution in [3.63, 3.8) is 0 Å². The molecule has 0 bridgehead atoms. The van der Waals surface area contributed by atoms with Gasteiger partial charge in [-0.2, -0.15) is 0 Å². The number of rotatable bonds is 6. The summed E-state index contributed by atoms with van der Waals surface area (Å²) in [5.74, 6) is -0.710. The van der Waals surface area contributed by atoms with Gasteiger partial charge in [-0.25, -0.2) is 14.6 Å². The van der Waals surface area contributed by atoms with E-state index in [0.717, 1.165) is 0 Å². The molecule has 5 N–H and O–H groups in total. The van der Waals surface area contributed by atoms with Gasteiger partial charge in [0, 0.05) is 12.4 Å². The number of aromatic amines is 1. The molecule has 0 aliphatic heterocycles. The number of hydrogen-bond donors (Lipinski definition) is 5. The van der Waals surface area contributed by atoms with Crippen LogP contribution in [-0.4, -0.2) is 44.3 Å². The Hall–Kier alpha value is -2.09. The number of imidazole rings is 1. The van der Waals surface area contributed by atoms with Crippen LogP contribution in [0, 0.1) is 0 Å². The Morgan fingerprint density at radius 3 is 2.58 bits per heavy atom. The van der Waals surface area contributed by atoms with Crippen molar-refractivity contribution in [2.75, 3.05) is 0 Å². The molecule has 19 heavy (non-hydrogen) atoms. The predicted octanol–water partition coefficient (Wildman–Crippen LogP) is -0.00600. The normalized spacial score (nSPS) is 15.3. The summed E-state index contributed by atoms with van der Waals surface area (Å²) in [6.45, 7) is 3.15. The van der Waals surface area contributed by atoms with Gasteiger partial charge in [0.2, 0.25) is 0 Å². The van der Waals surface area contributed by atoms with Crippen LogP contribution in [0.2, 0.25) is 0 Å². The Morgan fingerprint density at radius 2 is 2.16 bits per heavy atom. The summed E-state index contributed by atoms with van der Waals surface area (Å²) in [5, 5.41) is 22.9. The van der Waals surface area contributed by atoms with Crippen LogP contribution >= 0.6 is 0 Å². The van der Waals surface area contributed by atoms with E-state index >= 15 is 0 Å². The third-order valence-corrected chi connectivity index (χ3v) is 2.60. The fourth-order valence-electron chi connectivity index (χ4n) is 1.56. The van der Waals surface area contributed by atoms with Crippen LogP contribution in [0.4, 0.5) is 4.79 Å². The van der Waals surface area contributed by atoms with E-state index in [-0.39, 0.29) is 6.04 Å². The first-order valence-corrected chi connectivity index (χ1v) is 5.92. The van der Waals surface area contributed by atoms with Gasteiger partial charge in [-0.15, -0.1) is 0 Å². The monoisotopic (exact) mass is 270 g/mol. The first-order valence-electron chi connectivity index (χ1n) is 5.92. The van der Waals surface area contributed by atoms with Crippen molar-refractivity contribution in [2.45, 2.75) is 38.5 Å². The van der Waals surface area contributed by atoms with Gasteiger partial charge in [0.1, 0.15) is 5.82 Å². The number of nitrogens with zero attached hydrogens (tertiary/aromatic N) is 1. The summed E-state index contributed by atoms with van der Waals surface area (Å²) in [6, 6.07) is -2.37. The van der Waals surface area contributed by atoms with Crippen molar-refractivity contribution in [2.24, 2.45) is 0 Å². The van der Waals surface area contributed by atoms with E-state index in [2.05, 4.69) is 20.6 Å². The molecular weight excluding hydrogens is 252 g/mol. The highest BCUT2D eigenvalue weighted by Crippen LogP contribution is 2.10. The molecule has 1 heterocycles. The lowest BCUT2D eigenvalue weighted by atomic mass is 10.2. The number of aliphatic hydroxyl groups is 1. The first-order chi connectivity index (χ1) is 8.95. The van der Waals surface area contributed by atoms with Gasteiger partial charge in [0.05, 0.1) is 12.1 Å². The smallest absolute Gasteiger partial charge is 0.328 e. The van der Waals surface area contributed by atoms with E-state index in [1.54, 1.807) is 12.4 Å². The first kappa shape index (κ1) is 15.0. The molecule has 106 valence electrons. The van der Waals surface area contributed by atoms with Gasteiger partial charge in [-0.05, 0) is 13.3 Å². The number of hydrogen-bond acceptors (Lipinski definition) is 4. The lowest BCUT2D eigenvalue weighted by Crippen LogP contribution is -2.51. The molecule has 1 aromatic heterocycles. The minimum absolute atomic E-state index is 0.349. The highest BCUT2D eigenvalue weighted by atomic mass is 16.4. The van der Waals surface area contributed by atoms with Gasteiger partial charge in [-0.3, -0.25) is 0 Å².